The highest BCUT2D eigenvalue weighted by molar-refractivity contribution is 7.89. The SMILES string of the molecule is C=CCS(=O)(=O)OOS(=O)(=O)CC=C. The lowest BCUT2D eigenvalue weighted by Crippen LogP contribution is -2.15. The van der Waals surface area contributed by atoms with Gasteiger partial charge in [-0.25, -0.2) is 0 Å². The van der Waals surface area contributed by atoms with Crippen LogP contribution in [0.15, 0.2) is 25.3 Å². The topological polar surface area (TPSA) is 86.7 Å². The van der Waals surface area contributed by atoms with Gasteiger partial charge >= 0.3 is 0 Å². The van der Waals surface area contributed by atoms with Crippen LogP contribution < -0.4 is 0 Å². The molecule has 0 fully saturated rings. The van der Waals surface area contributed by atoms with Crippen LogP contribution in [-0.2, 0) is 28.9 Å². The van der Waals surface area contributed by atoms with Crippen LogP contribution in [0.2, 0.25) is 0 Å². The lowest BCUT2D eigenvalue weighted by atomic mass is 10.8. The molecule has 82 valence electrons. The summed E-state index contributed by atoms with van der Waals surface area (Å²) in [6, 6.07) is 0. The molecular weight excluding hydrogens is 232 g/mol. The van der Waals surface area contributed by atoms with Crippen molar-refractivity contribution in [2.45, 2.75) is 0 Å². The number of hydrogen-bond donors (Lipinski definition) is 0. The van der Waals surface area contributed by atoms with Crippen molar-refractivity contribution >= 4 is 20.2 Å². The Labute approximate surface area is 83.0 Å². The molecule has 0 aromatic heterocycles. The predicted octanol–water partition coefficient (Wildman–Crippen LogP) is -0.0338. The lowest BCUT2D eigenvalue weighted by molar-refractivity contribution is -0.0842. The minimum atomic E-state index is -4.04. The van der Waals surface area contributed by atoms with Crippen LogP contribution >= 0.6 is 0 Å². The van der Waals surface area contributed by atoms with Crippen molar-refractivity contribution in [3.63, 3.8) is 0 Å². The van der Waals surface area contributed by atoms with E-state index in [0.717, 1.165) is 12.2 Å². The van der Waals surface area contributed by atoms with Crippen molar-refractivity contribution in [2.24, 2.45) is 0 Å². The Hall–Kier alpha value is -0.700. The lowest BCUT2D eigenvalue weighted by Gasteiger charge is -2.01. The van der Waals surface area contributed by atoms with Gasteiger partial charge in [0.2, 0.25) is 0 Å². The van der Waals surface area contributed by atoms with Gasteiger partial charge in [0.15, 0.2) is 0 Å². The maximum absolute atomic E-state index is 10.8. The summed E-state index contributed by atoms with van der Waals surface area (Å²) >= 11 is 0. The van der Waals surface area contributed by atoms with Gasteiger partial charge in [-0.1, -0.05) is 20.8 Å². The van der Waals surface area contributed by atoms with Gasteiger partial charge in [-0.15, -0.1) is 13.2 Å². The Morgan fingerprint density at radius 2 is 1.14 bits per heavy atom. The molecule has 14 heavy (non-hydrogen) atoms. The Balaban J connectivity index is 4.32. The van der Waals surface area contributed by atoms with E-state index < -0.39 is 31.7 Å². The van der Waals surface area contributed by atoms with E-state index in [9.17, 15) is 16.8 Å². The van der Waals surface area contributed by atoms with Crippen LogP contribution in [0.1, 0.15) is 0 Å². The highest BCUT2D eigenvalue weighted by Gasteiger charge is 2.17. The monoisotopic (exact) mass is 242 g/mol. The highest BCUT2D eigenvalue weighted by atomic mass is 32.2. The minimum absolute atomic E-state index is 0.531. The molecule has 0 aliphatic rings. The second-order valence-electron chi connectivity index (χ2n) is 2.16. The molecule has 0 spiro atoms. The fraction of sp³-hybridized carbons (Fsp3) is 0.333. The van der Waals surface area contributed by atoms with E-state index in [1.165, 1.54) is 0 Å². The van der Waals surface area contributed by atoms with E-state index in [-0.39, 0.29) is 0 Å². The van der Waals surface area contributed by atoms with Gasteiger partial charge in [-0.3, -0.25) is 0 Å². The Bertz CT molecular complexity index is 350. The third kappa shape index (κ3) is 5.86. The molecule has 0 aliphatic heterocycles. The van der Waals surface area contributed by atoms with Crippen LogP contribution in [0.5, 0.6) is 0 Å². The summed E-state index contributed by atoms with van der Waals surface area (Å²) in [6.07, 6.45) is 2.08. The van der Waals surface area contributed by atoms with Gasteiger partial charge in [0.05, 0.1) is 11.5 Å². The zero-order chi connectivity index (χ0) is 11.2. The summed E-state index contributed by atoms with van der Waals surface area (Å²) < 4.78 is 50.6. The van der Waals surface area contributed by atoms with E-state index >= 15 is 0 Å². The van der Waals surface area contributed by atoms with Gasteiger partial charge in [0, 0.05) is 0 Å². The van der Waals surface area contributed by atoms with Crippen LogP contribution in [0, 0.1) is 0 Å². The summed E-state index contributed by atoms with van der Waals surface area (Å²) in [5, 5.41) is 0. The first-order valence-electron chi connectivity index (χ1n) is 3.38. The quantitative estimate of drug-likeness (QED) is 0.354. The molecule has 0 unspecified atom stereocenters. The fourth-order valence-electron chi connectivity index (χ4n) is 0.429. The molecule has 0 saturated carbocycles. The normalized spacial score (nSPS) is 12.3. The molecule has 0 aliphatic carbocycles. The molecule has 0 radical (unpaired) electrons. The smallest absolute Gasteiger partial charge is 0.197 e. The molecule has 0 aromatic carbocycles. The predicted molar refractivity (Wildman–Crippen MR) is 50.1 cm³/mol. The Kier molecular flexibility index (Phi) is 4.99. The average Bonchev–Trinajstić information content (AvgIpc) is 2.01. The maximum atomic E-state index is 10.8. The summed E-state index contributed by atoms with van der Waals surface area (Å²) in [5.74, 6) is -1.06. The summed E-state index contributed by atoms with van der Waals surface area (Å²) in [5.41, 5.74) is 0. The average molecular weight is 242 g/mol. The third-order valence-electron chi connectivity index (χ3n) is 0.879. The van der Waals surface area contributed by atoms with Gasteiger partial charge in [-0.2, -0.15) is 16.8 Å². The first-order chi connectivity index (χ1) is 6.33. The molecule has 0 saturated heterocycles. The fourth-order valence-corrected chi connectivity index (χ4v) is 1.79. The molecule has 0 rings (SSSR count). The van der Waals surface area contributed by atoms with Crippen molar-refractivity contribution in [3.05, 3.63) is 25.3 Å². The number of hydrogen-bond acceptors (Lipinski definition) is 6. The molecule has 0 heterocycles. The van der Waals surface area contributed by atoms with Gasteiger partial charge < -0.3 is 0 Å². The van der Waals surface area contributed by atoms with Crippen molar-refractivity contribution in [1.82, 2.24) is 0 Å². The molecule has 6 nitrogen and oxygen atoms in total. The summed E-state index contributed by atoms with van der Waals surface area (Å²) in [6.45, 7) is 6.29. The molecule has 0 aromatic rings. The zero-order valence-corrected chi connectivity index (χ0v) is 8.88. The second kappa shape index (κ2) is 5.25. The van der Waals surface area contributed by atoms with Crippen molar-refractivity contribution < 1.29 is 25.5 Å². The van der Waals surface area contributed by atoms with Crippen molar-refractivity contribution in [2.75, 3.05) is 11.5 Å². The van der Waals surface area contributed by atoms with E-state index in [1.54, 1.807) is 0 Å². The van der Waals surface area contributed by atoms with Gasteiger partial charge in [-0.05, 0) is 0 Å². The summed E-state index contributed by atoms with van der Waals surface area (Å²) in [7, 11) is -8.07. The van der Waals surface area contributed by atoms with Crippen molar-refractivity contribution in [1.29, 1.82) is 0 Å². The highest BCUT2D eigenvalue weighted by Crippen LogP contribution is 2.01. The molecule has 8 heteroatoms. The first kappa shape index (κ1) is 13.3. The van der Waals surface area contributed by atoms with Crippen LogP contribution in [0.25, 0.3) is 0 Å². The minimum Gasteiger partial charge on any atom is -0.197 e. The van der Waals surface area contributed by atoms with Gasteiger partial charge in [0.1, 0.15) is 0 Å². The largest absolute Gasteiger partial charge is 0.298 e. The van der Waals surface area contributed by atoms with E-state index in [0.29, 0.717) is 0 Å². The van der Waals surface area contributed by atoms with Crippen LogP contribution in [0.4, 0.5) is 0 Å². The maximum Gasteiger partial charge on any atom is 0.298 e. The molecule has 0 bridgehead atoms. The van der Waals surface area contributed by atoms with E-state index in [2.05, 4.69) is 21.8 Å². The first-order valence-corrected chi connectivity index (χ1v) is 6.53. The third-order valence-corrected chi connectivity index (χ3v) is 2.80. The molecule has 0 atom stereocenters. The van der Waals surface area contributed by atoms with Crippen LogP contribution in [-0.4, -0.2) is 28.3 Å². The van der Waals surface area contributed by atoms with E-state index in [1.807, 2.05) is 0 Å². The number of rotatable bonds is 7. The van der Waals surface area contributed by atoms with Crippen LogP contribution in [0.3, 0.4) is 0 Å². The van der Waals surface area contributed by atoms with Gasteiger partial charge in [0.25, 0.3) is 20.2 Å². The Morgan fingerprint density at radius 3 is 1.36 bits per heavy atom. The standard InChI is InChI=1S/C6H10O6S2/c1-3-5-13(7,8)11-12-14(9,10)6-4-2/h3-4H,1-2,5-6H2. The zero-order valence-electron chi connectivity index (χ0n) is 7.25. The molecular formula is C6H10O6S2. The summed E-state index contributed by atoms with van der Waals surface area (Å²) in [4.78, 5) is 0. The van der Waals surface area contributed by atoms with E-state index in [4.69, 9.17) is 0 Å². The molecule has 0 N–H and O–H groups in total. The Morgan fingerprint density at radius 1 is 0.857 bits per heavy atom. The molecule has 0 amide bonds. The second-order valence-corrected chi connectivity index (χ2v) is 5.33. The van der Waals surface area contributed by atoms with Crippen molar-refractivity contribution in [3.8, 4) is 0 Å².